The van der Waals surface area contributed by atoms with Crippen LogP contribution in [0.15, 0.2) is 23.2 Å². The molecule has 0 saturated carbocycles. The molecule has 0 saturated heterocycles. The monoisotopic (exact) mass is 506 g/mol. The van der Waals surface area contributed by atoms with Crippen molar-refractivity contribution in [1.82, 2.24) is 15.5 Å². The fraction of sp³-hybridized carbons (Fsp3) is 0.600. The summed E-state index contributed by atoms with van der Waals surface area (Å²) in [6, 6.07) is 6.10. The molecular weight excluding hydrogens is 471 g/mol. The van der Waals surface area contributed by atoms with E-state index in [1.807, 2.05) is 46.0 Å². The molecule has 0 heterocycles. The lowest BCUT2D eigenvalue weighted by Crippen LogP contribution is -2.40. The minimum Gasteiger partial charge on any atom is -0.493 e. The highest BCUT2D eigenvalue weighted by Crippen LogP contribution is 2.27. The predicted molar refractivity (Wildman–Crippen MR) is 125 cm³/mol. The SMILES string of the molecule is CCNC(=NCCC(=O)NC(C)C)N(C)CCc1ccc(OC)c(OC)c1.I. The Morgan fingerprint density at radius 3 is 2.46 bits per heavy atom. The van der Waals surface area contributed by atoms with Crippen molar-refractivity contribution in [2.75, 3.05) is 40.9 Å². The van der Waals surface area contributed by atoms with E-state index in [0.717, 1.165) is 42.5 Å². The van der Waals surface area contributed by atoms with E-state index in [-0.39, 0.29) is 35.9 Å². The van der Waals surface area contributed by atoms with E-state index in [1.165, 1.54) is 0 Å². The summed E-state index contributed by atoms with van der Waals surface area (Å²) in [6.45, 7) is 7.96. The molecule has 1 aromatic carbocycles. The maximum atomic E-state index is 11.7. The number of guanidine groups is 1. The number of hydrogen-bond acceptors (Lipinski definition) is 4. The standard InChI is InChI=1S/C20H34N4O3.HI/c1-7-21-20(22-12-10-19(25)23-15(2)3)24(4)13-11-16-8-9-17(26-5)18(14-16)27-6;/h8-9,14-15H,7,10-13H2,1-6H3,(H,21,22)(H,23,25);1H. The average Bonchev–Trinajstić information content (AvgIpc) is 2.64. The third kappa shape index (κ3) is 9.48. The van der Waals surface area contributed by atoms with Gasteiger partial charge in [0, 0.05) is 32.6 Å². The van der Waals surface area contributed by atoms with Crippen LogP contribution in [-0.4, -0.2) is 63.7 Å². The summed E-state index contributed by atoms with van der Waals surface area (Å²) < 4.78 is 10.6. The molecule has 0 aliphatic heterocycles. The first-order chi connectivity index (χ1) is 12.9. The summed E-state index contributed by atoms with van der Waals surface area (Å²) in [5.41, 5.74) is 1.16. The maximum absolute atomic E-state index is 11.7. The molecule has 8 heteroatoms. The minimum absolute atomic E-state index is 0. The Morgan fingerprint density at radius 2 is 1.89 bits per heavy atom. The van der Waals surface area contributed by atoms with Gasteiger partial charge in [0.1, 0.15) is 0 Å². The molecule has 0 atom stereocenters. The van der Waals surface area contributed by atoms with Gasteiger partial charge in [-0.05, 0) is 44.9 Å². The molecule has 0 aromatic heterocycles. The Hall–Kier alpha value is -1.71. The van der Waals surface area contributed by atoms with Gasteiger partial charge in [-0.2, -0.15) is 0 Å². The Morgan fingerprint density at radius 1 is 1.21 bits per heavy atom. The highest BCUT2D eigenvalue weighted by atomic mass is 127. The molecule has 1 rings (SSSR count). The van der Waals surface area contributed by atoms with Gasteiger partial charge < -0.3 is 25.0 Å². The first-order valence-electron chi connectivity index (χ1n) is 9.40. The van der Waals surface area contributed by atoms with Crippen molar-refractivity contribution in [2.24, 2.45) is 4.99 Å². The highest BCUT2D eigenvalue weighted by molar-refractivity contribution is 14.0. The summed E-state index contributed by atoms with van der Waals surface area (Å²) in [5, 5.41) is 6.15. The summed E-state index contributed by atoms with van der Waals surface area (Å²) >= 11 is 0. The molecule has 28 heavy (non-hydrogen) atoms. The lowest BCUT2D eigenvalue weighted by molar-refractivity contribution is -0.121. The molecule has 7 nitrogen and oxygen atoms in total. The van der Waals surface area contributed by atoms with E-state index in [4.69, 9.17) is 9.47 Å². The number of hydrogen-bond donors (Lipinski definition) is 2. The van der Waals surface area contributed by atoms with Crippen molar-refractivity contribution in [2.45, 2.75) is 39.7 Å². The third-order valence-corrected chi connectivity index (χ3v) is 3.93. The van der Waals surface area contributed by atoms with Crippen LogP contribution in [0, 0.1) is 0 Å². The van der Waals surface area contributed by atoms with Gasteiger partial charge in [-0.25, -0.2) is 0 Å². The van der Waals surface area contributed by atoms with Gasteiger partial charge >= 0.3 is 0 Å². The van der Waals surface area contributed by atoms with Gasteiger partial charge in [-0.3, -0.25) is 9.79 Å². The van der Waals surface area contributed by atoms with Crippen molar-refractivity contribution < 1.29 is 14.3 Å². The zero-order valence-corrected chi connectivity index (χ0v) is 20.2. The molecule has 0 spiro atoms. The number of methoxy groups -OCH3 is 2. The van der Waals surface area contributed by atoms with Crippen LogP contribution in [0.4, 0.5) is 0 Å². The van der Waals surface area contributed by atoms with Crippen LogP contribution in [0.1, 0.15) is 32.8 Å². The quantitative estimate of drug-likeness (QED) is 0.290. The molecule has 1 aromatic rings. The summed E-state index contributed by atoms with van der Waals surface area (Å²) in [6.07, 6.45) is 1.23. The number of halogens is 1. The molecule has 0 fully saturated rings. The van der Waals surface area contributed by atoms with E-state index in [2.05, 4.69) is 20.5 Å². The number of aliphatic imine (C=N–C) groups is 1. The molecule has 0 bridgehead atoms. The Kier molecular flexibility index (Phi) is 13.4. The van der Waals surface area contributed by atoms with Crippen LogP contribution < -0.4 is 20.1 Å². The fourth-order valence-corrected chi connectivity index (χ4v) is 2.57. The van der Waals surface area contributed by atoms with Gasteiger partial charge in [0.15, 0.2) is 17.5 Å². The average molecular weight is 506 g/mol. The van der Waals surface area contributed by atoms with E-state index in [9.17, 15) is 4.79 Å². The van der Waals surface area contributed by atoms with Crippen molar-refractivity contribution in [1.29, 1.82) is 0 Å². The second kappa shape index (κ2) is 14.3. The van der Waals surface area contributed by atoms with Crippen LogP contribution in [0.5, 0.6) is 11.5 Å². The number of carbonyl (C=O) groups excluding carboxylic acids is 1. The maximum Gasteiger partial charge on any atom is 0.222 e. The molecule has 0 unspecified atom stereocenters. The molecule has 0 radical (unpaired) electrons. The number of nitrogens with one attached hydrogen (secondary N) is 2. The van der Waals surface area contributed by atoms with Crippen molar-refractivity contribution in [3.8, 4) is 11.5 Å². The van der Waals surface area contributed by atoms with E-state index < -0.39 is 0 Å². The number of ether oxygens (including phenoxy) is 2. The first-order valence-corrected chi connectivity index (χ1v) is 9.40. The Bertz CT molecular complexity index is 623. The molecular formula is C20H35IN4O3. The van der Waals surface area contributed by atoms with Crippen molar-refractivity contribution >= 4 is 35.8 Å². The van der Waals surface area contributed by atoms with Crippen LogP contribution in [-0.2, 0) is 11.2 Å². The first kappa shape index (κ1) is 26.3. The van der Waals surface area contributed by atoms with Crippen molar-refractivity contribution in [3.63, 3.8) is 0 Å². The minimum atomic E-state index is 0. The number of likely N-dealkylation sites (N-methyl/N-ethyl adjacent to an activating group) is 1. The normalized spacial score (nSPS) is 10.9. The lowest BCUT2D eigenvalue weighted by atomic mass is 10.1. The van der Waals surface area contributed by atoms with Crippen LogP contribution in [0.2, 0.25) is 0 Å². The van der Waals surface area contributed by atoms with Gasteiger partial charge in [0.25, 0.3) is 0 Å². The van der Waals surface area contributed by atoms with Gasteiger partial charge in [-0.15, -0.1) is 24.0 Å². The van der Waals surface area contributed by atoms with Gasteiger partial charge in [0.2, 0.25) is 5.91 Å². The van der Waals surface area contributed by atoms with E-state index in [0.29, 0.717) is 13.0 Å². The van der Waals surface area contributed by atoms with Gasteiger partial charge in [0.05, 0.1) is 20.8 Å². The number of amides is 1. The molecule has 0 aliphatic carbocycles. The largest absolute Gasteiger partial charge is 0.493 e. The highest BCUT2D eigenvalue weighted by Gasteiger charge is 2.09. The zero-order chi connectivity index (χ0) is 20.2. The molecule has 2 N–H and O–H groups in total. The van der Waals surface area contributed by atoms with Crippen LogP contribution in [0.25, 0.3) is 0 Å². The Balaban J connectivity index is 0.00000729. The third-order valence-electron chi connectivity index (χ3n) is 3.93. The van der Waals surface area contributed by atoms with Gasteiger partial charge in [-0.1, -0.05) is 6.07 Å². The number of nitrogens with zero attached hydrogens (tertiary/aromatic N) is 2. The lowest BCUT2D eigenvalue weighted by Gasteiger charge is -2.22. The smallest absolute Gasteiger partial charge is 0.222 e. The van der Waals surface area contributed by atoms with Crippen LogP contribution >= 0.6 is 24.0 Å². The number of benzene rings is 1. The number of carbonyl (C=O) groups is 1. The summed E-state index contributed by atoms with van der Waals surface area (Å²) in [5.74, 6) is 2.28. The second-order valence-electron chi connectivity index (χ2n) is 6.57. The van der Waals surface area contributed by atoms with Crippen molar-refractivity contribution in [3.05, 3.63) is 23.8 Å². The second-order valence-corrected chi connectivity index (χ2v) is 6.57. The molecule has 1 amide bonds. The molecule has 0 aliphatic rings. The topological polar surface area (TPSA) is 75.2 Å². The number of rotatable bonds is 10. The predicted octanol–water partition coefficient (Wildman–Crippen LogP) is 2.68. The molecule has 160 valence electrons. The van der Waals surface area contributed by atoms with Crippen LogP contribution in [0.3, 0.4) is 0 Å². The summed E-state index contributed by atoms with van der Waals surface area (Å²) in [7, 11) is 5.27. The summed E-state index contributed by atoms with van der Waals surface area (Å²) in [4.78, 5) is 18.4. The van der Waals surface area contributed by atoms with E-state index in [1.54, 1.807) is 14.2 Å². The Labute approximate surface area is 186 Å². The zero-order valence-electron chi connectivity index (χ0n) is 17.9. The van der Waals surface area contributed by atoms with E-state index >= 15 is 0 Å². The fourth-order valence-electron chi connectivity index (χ4n) is 2.57.